The number of aromatic nitrogens is 2. The minimum Gasteiger partial charge on any atom is -0.497 e. The highest BCUT2D eigenvalue weighted by Gasteiger charge is 2.21. The van der Waals surface area contributed by atoms with Gasteiger partial charge in [-0.15, -0.1) is 0 Å². The molecule has 0 spiro atoms. The molecule has 1 amide bonds. The number of benzene rings is 2. The van der Waals surface area contributed by atoms with Crippen LogP contribution in [-0.2, 0) is 11.3 Å². The van der Waals surface area contributed by atoms with E-state index in [1.54, 1.807) is 24.4 Å². The molecule has 0 N–H and O–H groups in total. The van der Waals surface area contributed by atoms with Gasteiger partial charge in [0.15, 0.2) is 0 Å². The first-order chi connectivity index (χ1) is 14.6. The summed E-state index contributed by atoms with van der Waals surface area (Å²) in [6.45, 7) is 4.35. The summed E-state index contributed by atoms with van der Waals surface area (Å²) < 4.78 is 5.28. The van der Waals surface area contributed by atoms with Gasteiger partial charge < -0.3 is 14.5 Å². The smallest absolute Gasteiger partial charge is 0.236 e. The fourth-order valence-electron chi connectivity index (χ4n) is 3.73. The van der Waals surface area contributed by atoms with Crippen LogP contribution in [0.1, 0.15) is 5.56 Å². The van der Waals surface area contributed by atoms with E-state index in [1.165, 1.54) is 0 Å². The molecule has 0 unspecified atom stereocenters. The van der Waals surface area contributed by atoms with E-state index >= 15 is 0 Å². The summed E-state index contributed by atoms with van der Waals surface area (Å²) >= 11 is 0. The van der Waals surface area contributed by atoms with Crippen LogP contribution in [-0.4, -0.2) is 72.6 Å². The van der Waals surface area contributed by atoms with Crippen molar-refractivity contribution in [3.63, 3.8) is 0 Å². The maximum absolute atomic E-state index is 12.7. The van der Waals surface area contributed by atoms with Gasteiger partial charge in [0.25, 0.3) is 0 Å². The molecular weight excluding hydrogens is 378 g/mol. The molecule has 1 fully saturated rings. The van der Waals surface area contributed by atoms with E-state index in [2.05, 4.69) is 44.0 Å². The highest BCUT2D eigenvalue weighted by Crippen LogP contribution is 2.22. The first-order valence-corrected chi connectivity index (χ1v) is 10.2. The molecule has 0 saturated carbocycles. The number of carbonyl (C=O) groups is 1. The largest absolute Gasteiger partial charge is 0.497 e. The third kappa shape index (κ3) is 4.68. The molecule has 2 aromatic carbocycles. The molecular formula is C23H27N5O2. The summed E-state index contributed by atoms with van der Waals surface area (Å²) in [6, 6.07) is 14.1. The highest BCUT2D eigenvalue weighted by molar-refractivity contribution is 5.84. The molecule has 156 valence electrons. The minimum absolute atomic E-state index is 0.134. The van der Waals surface area contributed by atoms with Crippen molar-refractivity contribution in [2.75, 3.05) is 51.8 Å². The summed E-state index contributed by atoms with van der Waals surface area (Å²) in [5.74, 6) is 1.74. The van der Waals surface area contributed by atoms with E-state index < -0.39 is 0 Å². The number of carbonyl (C=O) groups excluding carboxylic acids is 1. The number of hydrogen-bond acceptors (Lipinski definition) is 6. The zero-order valence-electron chi connectivity index (χ0n) is 17.5. The Bertz CT molecular complexity index is 1000. The zero-order valence-corrected chi connectivity index (χ0v) is 17.5. The van der Waals surface area contributed by atoms with Crippen molar-refractivity contribution in [1.29, 1.82) is 0 Å². The molecule has 1 aliphatic heterocycles. The second-order valence-corrected chi connectivity index (χ2v) is 7.61. The van der Waals surface area contributed by atoms with Gasteiger partial charge in [-0.2, -0.15) is 0 Å². The van der Waals surface area contributed by atoms with Crippen LogP contribution in [0.15, 0.2) is 54.9 Å². The van der Waals surface area contributed by atoms with Crippen molar-refractivity contribution in [3.05, 3.63) is 60.4 Å². The van der Waals surface area contributed by atoms with Crippen LogP contribution < -0.4 is 9.64 Å². The molecule has 2 heterocycles. The van der Waals surface area contributed by atoms with Crippen LogP contribution in [0.5, 0.6) is 5.75 Å². The van der Waals surface area contributed by atoms with Crippen LogP contribution in [0.3, 0.4) is 0 Å². The molecule has 0 aliphatic carbocycles. The maximum Gasteiger partial charge on any atom is 0.236 e. The predicted octanol–water partition coefficient (Wildman–Crippen LogP) is 2.42. The van der Waals surface area contributed by atoms with E-state index in [-0.39, 0.29) is 5.91 Å². The topological polar surface area (TPSA) is 61.8 Å². The van der Waals surface area contributed by atoms with Gasteiger partial charge in [-0.25, -0.2) is 9.97 Å². The van der Waals surface area contributed by atoms with Crippen LogP contribution in [0.2, 0.25) is 0 Å². The molecule has 0 atom stereocenters. The number of rotatable bonds is 6. The average molecular weight is 406 g/mol. The predicted molar refractivity (Wildman–Crippen MR) is 118 cm³/mol. The molecule has 4 rings (SSSR count). The Kier molecular flexibility index (Phi) is 6.09. The molecule has 1 aromatic heterocycles. The first kappa shape index (κ1) is 20.1. The van der Waals surface area contributed by atoms with Gasteiger partial charge in [-0.05, 0) is 40.6 Å². The molecule has 1 saturated heterocycles. The van der Waals surface area contributed by atoms with E-state index in [0.29, 0.717) is 13.1 Å². The molecule has 7 nitrogen and oxygen atoms in total. The Hall–Kier alpha value is -3.19. The molecule has 3 aromatic rings. The number of ether oxygens (including phenoxy) is 1. The van der Waals surface area contributed by atoms with Crippen LogP contribution >= 0.6 is 0 Å². The Labute approximate surface area is 176 Å². The van der Waals surface area contributed by atoms with Gasteiger partial charge in [0.1, 0.15) is 5.75 Å². The van der Waals surface area contributed by atoms with Crippen molar-refractivity contribution in [2.45, 2.75) is 6.54 Å². The Morgan fingerprint density at radius 3 is 2.47 bits per heavy atom. The number of anilines is 1. The zero-order chi connectivity index (χ0) is 20.9. The summed E-state index contributed by atoms with van der Waals surface area (Å²) in [5, 5.41) is 2.28. The fourth-order valence-corrected chi connectivity index (χ4v) is 3.73. The van der Waals surface area contributed by atoms with E-state index in [9.17, 15) is 4.79 Å². The van der Waals surface area contributed by atoms with Crippen molar-refractivity contribution in [3.8, 4) is 5.75 Å². The molecule has 7 heteroatoms. The number of piperazine rings is 1. The van der Waals surface area contributed by atoms with Crippen LogP contribution in [0.25, 0.3) is 10.8 Å². The number of amides is 1. The van der Waals surface area contributed by atoms with Crippen LogP contribution in [0, 0.1) is 0 Å². The number of likely N-dealkylation sites (N-methyl/N-ethyl adjacent to an activating group) is 1. The lowest BCUT2D eigenvalue weighted by Crippen LogP contribution is -2.50. The Balaban J connectivity index is 1.30. The summed E-state index contributed by atoms with van der Waals surface area (Å²) in [7, 11) is 3.54. The number of nitrogens with zero attached hydrogens (tertiary/aromatic N) is 5. The third-order valence-corrected chi connectivity index (χ3v) is 5.52. The summed E-state index contributed by atoms with van der Waals surface area (Å²) in [4.78, 5) is 27.5. The lowest BCUT2D eigenvalue weighted by molar-refractivity contribution is -0.131. The van der Waals surface area contributed by atoms with Gasteiger partial charge in [0.05, 0.1) is 13.7 Å². The van der Waals surface area contributed by atoms with Crippen molar-refractivity contribution >= 4 is 22.6 Å². The third-order valence-electron chi connectivity index (χ3n) is 5.52. The first-order valence-electron chi connectivity index (χ1n) is 10.2. The van der Waals surface area contributed by atoms with E-state index in [1.807, 2.05) is 25.2 Å². The van der Waals surface area contributed by atoms with E-state index in [0.717, 1.165) is 54.2 Å². The normalized spacial score (nSPS) is 14.7. The molecule has 0 radical (unpaired) electrons. The lowest BCUT2D eigenvalue weighted by Gasteiger charge is -2.34. The number of hydrogen-bond donors (Lipinski definition) is 0. The molecule has 1 aliphatic rings. The second-order valence-electron chi connectivity index (χ2n) is 7.61. The quantitative estimate of drug-likeness (QED) is 0.628. The summed E-state index contributed by atoms with van der Waals surface area (Å²) in [5.41, 5.74) is 1.12. The Morgan fingerprint density at radius 1 is 1.03 bits per heavy atom. The SMILES string of the molecule is COc1ccc2cc(CN(C)C(=O)CN3CCN(c4ncccn4)CC3)ccc2c1. The average Bonchev–Trinajstić information content (AvgIpc) is 2.79. The van der Waals surface area contributed by atoms with Crippen molar-refractivity contribution in [1.82, 2.24) is 19.8 Å². The standard InChI is InChI=1S/C23H27N5O2/c1-26(16-18-4-5-20-15-21(30-2)7-6-19(20)14-18)22(29)17-27-10-12-28(13-11-27)23-24-8-3-9-25-23/h3-9,14-15H,10-13,16-17H2,1-2H3. The van der Waals surface area contributed by atoms with Gasteiger partial charge in [-0.3, -0.25) is 9.69 Å². The van der Waals surface area contributed by atoms with Gasteiger partial charge in [0, 0.05) is 52.2 Å². The molecule has 0 bridgehead atoms. The van der Waals surface area contributed by atoms with E-state index in [4.69, 9.17) is 4.74 Å². The lowest BCUT2D eigenvalue weighted by atomic mass is 10.1. The number of methoxy groups -OCH3 is 1. The van der Waals surface area contributed by atoms with Gasteiger partial charge >= 0.3 is 0 Å². The maximum atomic E-state index is 12.7. The highest BCUT2D eigenvalue weighted by atomic mass is 16.5. The minimum atomic E-state index is 0.134. The van der Waals surface area contributed by atoms with Gasteiger partial charge in [0.2, 0.25) is 11.9 Å². The Morgan fingerprint density at radius 2 is 1.73 bits per heavy atom. The van der Waals surface area contributed by atoms with Crippen LogP contribution in [0.4, 0.5) is 5.95 Å². The summed E-state index contributed by atoms with van der Waals surface area (Å²) in [6.07, 6.45) is 3.52. The monoisotopic (exact) mass is 405 g/mol. The van der Waals surface area contributed by atoms with Crippen molar-refractivity contribution in [2.24, 2.45) is 0 Å². The van der Waals surface area contributed by atoms with Crippen molar-refractivity contribution < 1.29 is 9.53 Å². The fraction of sp³-hybridized carbons (Fsp3) is 0.348. The number of fused-ring (bicyclic) bond motifs is 1. The second kappa shape index (κ2) is 9.09. The van der Waals surface area contributed by atoms with Gasteiger partial charge in [-0.1, -0.05) is 18.2 Å². The molecule has 30 heavy (non-hydrogen) atoms.